The molecule has 30 heavy (non-hydrogen) atoms. The Bertz CT molecular complexity index is 916. The lowest BCUT2D eigenvalue weighted by Crippen LogP contribution is -2.48. The van der Waals surface area contributed by atoms with Gasteiger partial charge in [0.15, 0.2) is 0 Å². The summed E-state index contributed by atoms with van der Waals surface area (Å²) in [5.74, 6) is -0.325. The summed E-state index contributed by atoms with van der Waals surface area (Å²) in [5.41, 5.74) is 3.50. The Morgan fingerprint density at radius 1 is 1.17 bits per heavy atom. The number of nitrogens with one attached hydrogen (secondary N) is 2. The number of carbonyl (C=O) groups excluding carboxylic acids is 2. The highest BCUT2D eigenvalue weighted by Crippen LogP contribution is 2.21. The first-order valence-corrected chi connectivity index (χ1v) is 10.4. The van der Waals surface area contributed by atoms with Gasteiger partial charge in [0.05, 0.1) is 23.4 Å². The molecule has 1 unspecified atom stereocenters. The van der Waals surface area contributed by atoms with E-state index >= 15 is 0 Å². The van der Waals surface area contributed by atoms with Crippen LogP contribution < -0.4 is 15.5 Å². The van der Waals surface area contributed by atoms with Crippen LogP contribution in [0.15, 0.2) is 47.6 Å². The molecule has 160 valence electrons. The second kappa shape index (κ2) is 11.6. The molecule has 0 bridgehead atoms. The molecule has 8 heteroatoms. The maximum atomic E-state index is 12.6. The predicted molar refractivity (Wildman–Crippen MR) is 121 cm³/mol. The van der Waals surface area contributed by atoms with Gasteiger partial charge in [0.2, 0.25) is 0 Å². The number of carbonyl (C=O) groups is 2. The van der Waals surface area contributed by atoms with Gasteiger partial charge in [0.1, 0.15) is 11.8 Å². The second-order valence-electron chi connectivity index (χ2n) is 6.97. The molecule has 0 heterocycles. The lowest BCUT2D eigenvalue weighted by molar-refractivity contribution is -0.123. The van der Waals surface area contributed by atoms with Crippen molar-refractivity contribution in [2.75, 3.05) is 6.61 Å². The standard InChI is InChI=1S/C22H25Cl2N3O3/c1-4-10-30-17-7-5-6-15(11-17)13-25-27-22(29)20(14(2)3)26-21(28)18-9-8-16(23)12-19(18)24/h5-9,11-14,20H,4,10H2,1-3H3,(H,26,28)(H,27,29)/b25-13+. The maximum Gasteiger partial charge on any atom is 0.262 e. The molecule has 0 aromatic heterocycles. The fraction of sp³-hybridized carbons (Fsp3) is 0.318. The Kier molecular flexibility index (Phi) is 9.15. The SMILES string of the molecule is CCCOc1cccc(/C=N/NC(=O)C(NC(=O)c2ccc(Cl)cc2Cl)C(C)C)c1. The number of hydrogen-bond donors (Lipinski definition) is 2. The number of hydrazone groups is 1. The quantitative estimate of drug-likeness (QED) is 0.430. The Hall–Kier alpha value is -2.57. The van der Waals surface area contributed by atoms with Gasteiger partial charge in [-0.15, -0.1) is 0 Å². The first-order valence-electron chi connectivity index (χ1n) is 9.63. The van der Waals surface area contributed by atoms with Crippen LogP contribution in [0.25, 0.3) is 0 Å². The zero-order chi connectivity index (χ0) is 22.1. The number of amides is 2. The number of hydrogen-bond acceptors (Lipinski definition) is 4. The van der Waals surface area contributed by atoms with Gasteiger partial charge in [-0.3, -0.25) is 9.59 Å². The van der Waals surface area contributed by atoms with E-state index in [1.807, 2.05) is 45.0 Å². The fourth-order valence-electron chi connectivity index (χ4n) is 2.57. The molecule has 0 fully saturated rings. The molecule has 2 N–H and O–H groups in total. The van der Waals surface area contributed by atoms with Crippen molar-refractivity contribution in [2.45, 2.75) is 33.2 Å². The molecule has 0 aliphatic heterocycles. The largest absolute Gasteiger partial charge is 0.494 e. The summed E-state index contributed by atoms with van der Waals surface area (Å²) in [6, 6.07) is 11.1. The van der Waals surface area contributed by atoms with E-state index in [0.717, 1.165) is 17.7 Å². The van der Waals surface area contributed by atoms with Crippen molar-refractivity contribution in [3.05, 3.63) is 63.6 Å². The van der Waals surface area contributed by atoms with E-state index in [0.29, 0.717) is 11.6 Å². The third kappa shape index (κ3) is 7.04. The van der Waals surface area contributed by atoms with Gasteiger partial charge in [-0.2, -0.15) is 5.10 Å². The first-order chi connectivity index (χ1) is 14.3. The average Bonchev–Trinajstić information content (AvgIpc) is 2.70. The average molecular weight is 450 g/mol. The minimum absolute atomic E-state index is 0.166. The van der Waals surface area contributed by atoms with E-state index in [2.05, 4.69) is 15.8 Å². The minimum atomic E-state index is -0.791. The molecule has 0 saturated carbocycles. The van der Waals surface area contributed by atoms with Gasteiger partial charge in [-0.05, 0) is 48.2 Å². The summed E-state index contributed by atoms with van der Waals surface area (Å²) in [4.78, 5) is 25.1. The number of halogens is 2. The smallest absolute Gasteiger partial charge is 0.262 e. The molecule has 0 aliphatic rings. The summed E-state index contributed by atoms with van der Waals surface area (Å²) in [5, 5.41) is 7.34. The van der Waals surface area contributed by atoms with Crippen molar-refractivity contribution in [2.24, 2.45) is 11.0 Å². The summed E-state index contributed by atoms with van der Waals surface area (Å²) in [6.07, 6.45) is 2.43. The Balaban J connectivity index is 2.01. The summed E-state index contributed by atoms with van der Waals surface area (Å²) >= 11 is 11.9. The van der Waals surface area contributed by atoms with E-state index < -0.39 is 17.9 Å². The normalized spacial score (nSPS) is 12.1. The van der Waals surface area contributed by atoms with Gasteiger partial charge in [0, 0.05) is 5.02 Å². The molecular formula is C22H25Cl2N3O3. The fourth-order valence-corrected chi connectivity index (χ4v) is 3.07. The van der Waals surface area contributed by atoms with Crippen LogP contribution in [0, 0.1) is 5.92 Å². The van der Waals surface area contributed by atoms with Crippen LogP contribution in [0.3, 0.4) is 0 Å². The van der Waals surface area contributed by atoms with E-state index in [4.69, 9.17) is 27.9 Å². The van der Waals surface area contributed by atoms with E-state index in [1.54, 1.807) is 6.07 Å². The van der Waals surface area contributed by atoms with Crippen molar-refractivity contribution in [3.63, 3.8) is 0 Å². The topological polar surface area (TPSA) is 79.8 Å². The van der Waals surface area contributed by atoms with E-state index in [1.165, 1.54) is 18.3 Å². The molecule has 2 rings (SSSR count). The molecule has 1 atom stereocenters. The Morgan fingerprint density at radius 3 is 2.60 bits per heavy atom. The monoisotopic (exact) mass is 449 g/mol. The van der Waals surface area contributed by atoms with Gasteiger partial charge in [-0.25, -0.2) is 5.43 Å². The van der Waals surface area contributed by atoms with E-state index in [-0.39, 0.29) is 16.5 Å². The van der Waals surface area contributed by atoms with Crippen LogP contribution >= 0.6 is 23.2 Å². The summed E-state index contributed by atoms with van der Waals surface area (Å²) < 4.78 is 5.58. The third-order valence-electron chi connectivity index (χ3n) is 4.13. The maximum absolute atomic E-state index is 12.6. The molecule has 2 aromatic carbocycles. The van der Waals surface area contributed by atoms with Crippen molar-refractivity contribution < 1.29 is 14.3 Å². The van der Waals surface area contributed by atoms with Crippen molar-refractivity contribution in [3.8, 4) is 5.75 Å². The van der Waals surface area contributed by atoms with Crippen LogP contribution in [-0.2, 0) is 4.79 Å². The minimum Gasteiger partial charge on any atom is -0.494 e. The van der Waals surface area contributed by atoms with Crippen molar-refractivity contribution in [1.29, 1.82) is 0 Å². The summed E-state index contributed by atoms with van der Waals surface area (Å²) in [7, 11) is 0. The van der Waals surface area contributed by atoms with Crippen LogP contribution in [0.2, 0.25) is 10.0 Å². The molecule has 0 spiro atoms. The van der Waals surface area contributed by atoms with Gasteiger partial charge in [0.25, 0.3) is 11.8 Å². The van der Waals surface area contributed by atoms with Gasteiger partial charge in [-0.1, -0.05) is 56.1 Å². The number of rotatable bonds is 9. The highest BCUT2D eigenvalue weighted by molar-refractivity contribution is 6.36. The van der Waals surface area contributed by atoms with Crippen LogP contribution in [0.1, 0.15) is 43.1 Å². The zero-order valence-electron chi connectivity index (χ0n) is 17.1. The number of ether oxygens (including phenoxy) is 1. The first kappa shape index (κ1) is 23.7. The molecule has 0 aliphatic carbocycles. The second-order valence-corrected chi connectivity index (χ2v) is 7.82. The molecular weight excluding hydrogens is 425 g/mol. The highest BCUT2D eigenvalue weighted by atomic mass is 35.5. The predicted octanol–water partition coefficient (Wildman–Crippen LogP) is 4.69. The number of nitrogens with zero attached hydrogens (tertiary/aromatic N) is 1. The Morgan fingerprint density at radius 2 is 1.93 bits per heavy atom. The summed E-state index contributed by atoms with van der Waals surface area (Å²) in [6.45, 7) is 6.31. The molecule has 2 amide bonds. The van der Waals surface area contributed by atoms with E-state index in [9.17, 15) is 9.59 Å². The zero-order valence-corrected chi connectivity index (χ0v) is 18.6. The lowest BCUT2D eigenvalue weighted by atomic mass is 10.0. The van der Waals surface area contributed by atoms with Crippen LogP contribution in [-0.4, -0.2) is 30.7 Å². The molecule has 0 radical (unpaired) electrons. The molecule has 2 aromatic rings. The van der Waals surface area contributed by atoms with Gasteiger partial charge < -0.3 is 10.1 Å². The van der Waals surface area contributed by atoms with Gasteiger partial charge >= 0.3 is 0 Å². The number of benzene rings is 2. The van der Waals surface area contributed by atoms with Crippen LogP contribution in [0.5, 0.6) is 5.75 Å². The van der Waals surface area contributed by atoms with Crippen molar-refractivity contribution in [1.82, 2.24) is 10.7 Å². The van der Waals surface area contributed by atoms with Crippen LogP contribution in [0.4, 0.5) is 0 Å². The highest BCUT2D eigenvalue weighted by Gasteiger charge is 2.25. The Labute approximate surface area is 186 Å². The van der Waals surface area contributed by atoms with Crippen molar-refractivity contribution >= 4 is 41.2 Å². The third-order valence-corrected chi connectivity index (χ3v) is 4.68. The molecule has 6 nitrogen and oxygen atoms in total. The molecule has 0 saturated heterocycles. The lowest BCUT2D eigenvalue weighted by Gasteiger charge is -2.20.